The maximum Gasteiger partial charge on any atom is 0.416 e. The van der Waals surface area contributed by atoms with E-state index in [0.29, 0.717) is 0 Å². The van der Waals surface area contributed by atoms with Gasteiger partial charge < -0.3 is 10.1 Å². The standard InChI is InChI=1S/C15H16F3NO3/c1-22-14(21)12(19-13(20)9-6-7-9)8-10-4-2-3-5-11(10)15(16,17)18/h2-5,9,12H,6-8H2,1H3,(H,19,20)/t12-/m1/s1. The van der Waals surface area contributed by atoms with Gasteiger partial charge in [0.1, 0.15) is 6.04 Å². The highest BCUT2D eigenvalue weighted by Gasteiger charge is 2.36. The van der Waals surface area contributed by atoms with Gasteiger partial charge in [0.15, 0.2) is 0 Å². The van der Waals surface area contributed by atoms with Gasteiger partial charge in [0, 0.05) is 12.3 Å². The highest BCUT2D eigenvalue weighted by atomic mass is 19.4. The van der Waals surface area contributed by atoms with Gasteiger partial charge in [-0.25, -0.2) is 4.79 Å². The molecule has 4 nitrogen and oxygen atoms in total. The Labute approximate surface area is 125 Å². The van der Waals surface area contributed by atoms with E-state index in [1.807, 2.05) is 0 Å². The fraction of sp³-hybridized carbons (Fsp3) is 0.467. The summed E-state index contributed by atoms with van der Waals surface area (Å²) in [6, 6.07) is 3.86. The van der Waals surface area contributed by atoms with E-state index in [4.69, 9.17) is 0 Å². The van der Waals surface area contributed by atoms with Crippen LogP contribution < -0.4 is 5.32 Å². The number of ether oxygens (including phenoxy) is 1. The van der Waals surface area contributed by atoms with E-state index in [0.717, 1.165) is 26.0 Å². The summed E-state index contributed by atoms with van der Waals surface area (Å²) in [6.45, 7) is 0. The molecule has 0 unspecified atom stereocenters. The summed E-state index contributed by atoms with van der Waals surface area (Å²) >= 11 is 0. The minimum absolute atomic E-state index is 0.0542. The van der Waals surface area contributed by atoms with Crippen molar-refractivity contribution in [2.24, 2.45) is 5.92 Å². The molecule has 1 aromatic carbocycles. The van der Waals surface area contributed by atoms with Gasteiger partial charge in [-0.3, -0.25) is 4.79 Å². The second-order valence-electron chi connectivity index (χ2n) is 5.22. The number of carbonyl (C=O) groups excluding carboxylic acids is 2. The predicted octanol–water partition coefficient (Wildman–Crippen LogP) is 2.32. The monoisotopic (exact) mass is 315 g/mol. The number of methoxy groups -OCH3 is 1. The van der Waals surface area contributed by atoms with Crippen molar-refractivity contribution in [3.05, 3.63) is 35.4 Å². The molecule has 1 aliphatic carbocycles. The van der Waals surface area contributed by atoms with E-state index in [1.165, 1.54) is 18.2 Å². The third kappa shape index (κ3) is 3.99. The van der Waals surface area contributed by atoms with Gasteiger partial charge in [-0.1, -0.05) is 18.2 Å². The number of hydrogen-bond acceptors (Lipinski definition) is 3. The topological polar surface area (TPSA) is 55.4 Å². The molecular weight excluding hydrogens is 299 g/mol. The van der Waals surface area contributed by atoms with Crippen LogP contribution in [0, 0.1) is 5.92 Å². The smallest absolute Gasteiger partial charge is 0.416 e. The van der Waals surface area contributed by atoms with Crippen LogP contribution in [-0.4, -0.2) is 25.0 Å². The summed E-state index contributed by atoms with van der Waals surface area (Å²) in [5, 5.41) is 2.48. The molecule has 1 fully saturated rings. The Kier molecular flexibility index (Phi) is 4.73. The second kappa shape index (κ2) is 6.37. The zero-order valence-electron chi connectivity index (χ0n) is 11.9. The van der Waals surface area contributed by atoms with Crippen molar-refractivity contribution in [1.29, 1.82) is 0 Å². The lowest BCUT2D eigenvalue weighted by atomic mass is 9.99. The summed E-state index contributed by atoms with van der Waals surface area (Å²) in [7, 11) is 1.13. The number of nitrogens with one attached hydrogen (secondary N) is 1. The van der Waals surface area contributed by atoms with Gasteiger partial charge in [0.25, 0.3) is 0 Å². The summed E-state index contributed by atoms with van der Waals surface area (Å²) in [4.78, 5) is 23.5. The average Bonchev–Trinajstić information content (AvgIpc) is 3.29. The van der Waals surface area contributed by atoms with Crippen LogP contribution in [0.25, 0.3) is 0 Å². The van der Waals surface area contributed by atoms with E-state index in [9.17, 15) is 22.8 Å². The molecule has 1 saturated carbocycles. The molecule has 1 amide bonds. The first-order valence-electron chi connectivity index (χ1n) is 6.86. The zero-order valence-corrected chi connectivity index (χ0v) is 11.9. The lowest BCUT2D eigenvalue weighted by Gasteiger charge is -2.19. The Hall–Kier alpha value is -2.05. The molecule has 0 aromatic heterocycles. The molecule has 0 heterocycles. The quantitative estimate of drug-likeness (QED) is 0.849. The third-order valence-electron chi connectivity index (χ3n) is 3.50. The third-order valence-corrected chi connectivity index (χ3v) is 3.50. The number of benzene rings is 1. The summed E-state index contributed by atoms with van der Waals surface area (Å²) in [5.74, 6) is -1.23. The lowest BCUT2D eigenvalue weighted by Crippen LogP contribution is -2.44. The van der Waals surface area contributed by atoms with Gasteiger partial charge in [0.05, 0.1) is 12.7 Å². The van der Waals surface area contributed by atoms with Crippen molar-refractivity contribution in [2.45, 2.75) is 31.5 Å². The molecule has 0 spiro atoms. The largest absolute Gasteiger partial charge is 0.467 e. The van der Waals surface area contributed by atoms with Gasteiger partial charge in [-0.2, -0.15) is 13.2 Å². The number of carbonyl (C=O) groups is 2. The fourth-order valence-corrected chi connectivity index (χ4v) is 2.17. The molecule has 1 aliphatic rings. The highest BCUT2D eigenvalue weighted by molar-refractivity contribution is 5.87. The van der Waals surface area contributed by atoms with Crippen molar-refractivity contribution in [2.75, 3.05) is 7.11 Å². The molecule has 0 saturated heterocycles. The molecule has 0 radical (unpaired) electrons. The molecule has 22 heavy (non-hydrogen) atoms. The molecule has 0 aliphatic heterocycles. The van der Waals surface area contributed by atoms with Crippen molar-refractivity contribution >= 4 is 11.9 Å². The first-order chi connectivity index (χ1) is 10.3. The van der Waals surface area contributed by atoms with Crippen LogP contribution in [-0.2, 0) is 26.9 Å². The van der Waals surface area contributed by atoms with Crippen LogP contribution in [0.15, 0.2) is 24.3 Å². The molecule has 1 atom stereocenters. The predicted molar refractivity (Wildman–Crippen MR) is 71.8 cm³/mol. The average molecular weight is 315 g/mol. The molecule has 120 valence electrons. The van der Waals surface area contributed by atoms with E-state index in [2.05, 4.69) is 10.1 Å². The van der Waals surface area contributed by atoms with E-state index < -0.39 is 23.8 Å². The summed E-state index contributed by atoms with van der Waals surface area (Å²) in [5.41, 5.74) is -0.869. The number of hydrogen-bond donors (Lipinski definition) is 1. The van der Waals surface area contributed by atoms with Crippen LogP contribution in [0.2, 0.25) is 0 Å². The Morgan fingerprint density at radius 1 is 1.32 bits per heavy atom. The normalized spacial score (nSPS) is 16.0. The van der Waals surface area contributed by atoms with Crippen molar-refractivity contribution < 1.29 is 27.5 Å². The van der Waals surface area contributed by atoms with E-state index in [1.54, 1.807) is 0 Å². The first-order valence-corrected chi connectivity index (χ1v) is 6.86. The molecule has 1 N–H and O–H groups in total. The number of halogens is 3. The van der Waals surface area contributed by atoms with Gasteiger partial charge >= 0.3 is 12.1 Å². The molecule has 1 aromatic rings. The van der Waals surface area contributed by atoms with Crippen LogP contribution >= 0.6 is 0 Å². The van der Waals surface area contributed by atoms with Crippen molar-refractivity contribution in [3.63, 3.8) is 0 Å². The second-order valence-corrected chi connectivity index (χ2v) is 5.22. The summed E-state index contributed by atoms with van der Waals surface area (Å²) in [6.07, 6.45) is -3.31. The number of amides is 1. The number of esters is 1. The lowest BCUT2D eigenvalue weighted by molar-refractivity contribution is -0.145. The zero-order chi connectivity index (χ0) is 16.3. The minimum atomic E-state index is -4.52. The Morgan fingerprint density at radius 2 is 1.95 bits per heavy atom. The van der Waals surface area contributed by atoms with Crippen LogP contribution in [0.4, 0.5) is 13.2 Å². The molecular formula is C15H16F3NO3. The van der Waals surface area contributed by atoms with Crippen LogP contribution in [0.1, 0.15) is 24.0 Å². The van der Waals surface area contributed by atoms with Crippen LogP contribution in [0.3, 0.4) is 0 Å². The highest BCUT2D eigenvalue weighted by Crippen LogP contribution is 2.33. The van der Waals surface area contributed by atoms with Gasteiger partial charge in [-0.05, 0) is 24.5 Å². The Bertz CT molecular complexity index is 567. The Balaban J connectivity index is 2.19. The molecule has 7 heteroatoms. The first kappa shape index (κ1) is 16.3. The van der Waals surface area contributed by atoms with Crippen molar-refractivity contribution in [3.8, 4) is 0 Å². The fourth-order valence-electron chi connectivity index (χ4n) is 2.17. The maximum atomic E-state index is 13.0. The van der Waals surface area contributed by atoms with Gasteiger partial charge in [-0.15, -0.1) is 0 Å². The molecule has 2 rings (SSSR count). The minimum Gasteiger partial charge on any atom is -0.467 e. The van der Waals surface area contributed by atoms with Crippen molar-refractivity contribution in [1.82, 2.24) is 5.32 Å². The van der Waals surface area contributed by atoms with Gasteiger partial charge in [0.2, 0.25) is 5.91 Å². The number of alkyl halides is 3. The molecule has 0 bridgehead atoms. The maximum absolute atomic E-state index is 13.0. The van der Waals surface area contributed by atoms with E-state index in [-0.39, 0.29) is 23.8 Å². The SMILES string of the molecule is COC(=O)[C@@H](Cc1ccccc1C(F)(F)F)NC(=O)C1CC1. The Morgan fingerprint density at radius 3 is 2.50 bits per heavy atom. The number of rotatable bonds is 5. The van der Waals surface area contributed by atoms with E-state index >= 15 is 0 Å². The summed E-state index contributed by atoms with van der Waals surface area (Å²) < 4.78 is 43.5. The van der Waals surface area contributed by atoms with Crippen LogP contribution in [0.5, 0.6) is 0 Å².